The molecule has 4 nitrogen and oxygen atoms in total. The van der Waals surface area contributed by atoms with E-state index in [1.54, 1.807) is 7.05 Å². The van der Waals surface area contributed by atoms with Gasteiger partial charge >= 0.3 is 6.18 Å². The molecule has 0 aromatic heterocycles. The molecule has 0 radical (unpaired) electrons. The van der Waals surface area contributed by atoms with Crippen LogP contribution in [0.15, 0.2) is 29.3 Å². The Kier molecular flexibility index (Phi) is 10.0. The van der Waals surface area contributed by atoms with Gasteiger partial charge in [0.2, 0.25) is 0 Å². The largest absolute Gasteiger partial charge is 0.489 e. The van der Waals surface area contributed by atoms with Gasteiger partial charge in [-0.05, 0) is 31.5 Å². The zero-order valence-corrected chi connectivity index (χ0v) is 15.7. The maximum absolute atomic E-state index is 12.7. The SMILES string of the molecule is CCNC(=NC)NCC(CC)Oc1cccc(C(F)(F)F)c1.I. The van der Waals surface area contributed by atoms with E-state index in [9.17, 15) is 13.2 Å². The molecular weight excluding hydrogens is 422 g/mol. The maximum atomic E-state index is 12.7. The van der Waals surface area contributed by atoms with Gasteiger partial charge in [0.1, 0.15) is 11.9 Å². The molecule has 1 aromatic carbocycles. The molecule has 0 saturated carbocycles. The minimum Gasteiger partial charge on any atom is -0.489 e. The van der Waals surface area contributed by atoms with Crippen LogP contribution in [-0.4, -0.2) is 32.2 Å². The van der Waals surface area contributed by atoms with Crippen molar-refractivity contribution in [1.82, 2.24) is 10.6 Å². The van der Waals surface area contributed by atoms with Crippen LogP contribution in [0.3, 0.4) is 0 Å². The van der Waals surface area contributed by atoms with Gasteiger partial charge in [-0.3, -0.25) is 4.99 Å². The van der Waals surface area contributed by atoms with Crippen molar-refractivity contribution in [2.75, 3.05) is 20.1 Å². The van der Waals surface area contributed by atoms with Crippen molar-refractivity contribution in [3.05, 3.63) is 29.8 Å². The van der Waals surface area contributed by atoms with Gasteiger partial charge in [0.15, 0.2) is 5.96 Å². The monoisotopic (exact) mass is 445 g/mol. The van der Waals surface area contributed by atoms with Gasteiger partial charge in [-0.2, -0.15) is 13.2 Å². The van der Waals surface area contributed by atoms with E-state index >= 15 is 0 Å². The highest BCUT2D eigenvalue weighted by Gasteiger charge is 2.30. The molecule has 0 amide bonds. The minimum absolute atomic E-state index is 0. The third-order valence-electron chi connectivity index (χ3n) is 2.98. The smallest absolute Gasteiger partial charge is 0.416 e. The first kappa shape index (κ1) is 21.8. The van der Waals surface area contributed by atoms with E-state index in [1.165, 1.54) is 12.1 Å². The second-order valence-corrected chi connectivity index (χ2v) is 4.66. The van der Waals surface area contributed by atoms with E-state index in [1.807, 2.05) is 13.8 Å². The third kappa shape index (κ3) is 7.76. The summed E-state index contributed by atoms with van der Waals surface area (Å²) in [6.07, 6.45) is -3.96. The standard InChI is InChI=1S/C15H22F3N3O.HI/c1-4-12(10-21-14(19-3)20-5-2)22-13-8-6-7-11(9-13)15(16,17)18;/h6-9,12H,4-5,10H2,1-3H3,(H2,19,20,21);1H. The molecule has 0 fully saturated rings. The van der Waals surface area contributed by atoms with Crippen LogP contribution in [0, 0.1) is 0 Å². The number of nitrogens with one attached hydrogen (secondary N) is 2. The van der Waals surface area contributed by atoms with Crippen LogP contribution in [0.4, 0.5) is 13.2 Å². The summed E-state index contributed by atoms with van der Waals surface area (Å²) < 4.78 is 43.7. The van der Waals surface area contributed by atoms with E-state index in [-0.39, 0.29) is 35.8 Å². The molecule has 0 heterocycles. The fourth-order valence-corrected chi connectivity index (χ4v) is 1.81. The van der Waals surface area contributed by atoms with Crippen molar-refractivity contribution in [2.45, 2.75) is 32.5 Å². The minimum atomic E-state index is -4.37. The first-order chi connectivity index (χ1) is 10.4. The van der Waals surface area contributed by atoms with Crippen LogP contribution < -0.4 is 15.4 Å². The molecule has 1 atom stereocenters. The molecule has 0 aliphatic carbocycles. The Balaban J connectivity index is 0.00000484. The van der Waals surface area contributed by atoms with Gasteiger partial charge in [0.25, 0.3) is 0 Å². The molecule has 23 heavy (non-hydrogen) atoms. The number of aliphatic imine (C=N–C) groups is 1. The number of ether oxygens (including phenoxy) is 1. The predicted octanol–water partition coefficient (Wildman–Crippen LogP) is 3.67. The van der Waals surface area contributed by atoms with Crippen LogP contribution in [0.25, 0.3) is 0 Å². The van der Waals surface area contributed by atoms with Crippen LogP contribution >= 0.6 is 24.0 Å². The van der Waals surface area contributed by atoms with Crippen molar-refractivity contribution in [3.63, 3.8) is 0 Å². The fraction of sp³-hybridized carbons (Fsp3) is 0.533. The Morgan fingerprint density at radius 2 is 1.96 bits per heavy atom. The zero-order valence-electron chi connectivity index (χ0n) is 13.4. The lowest BCUT2D eigenvalue weighted by Gasteiger charge is -2.20. The average molecular weight is 445 g/mol. The number of hydrogen-bond donors (Lipinski definition) is 2. The van der Waals surface area contributed by atoms with Crippen LogP contribution in [0.5, 0.6) is 5.75 Å². The number of guanidine groups is 1. The summed E-state index contributed by atoms with van der Waals surface area (Å²) >= 11 is 0. The number of nitrogens with zero attached hydrogens (tertiary/aromatic N) is 1. The molecule has 0 spiro atoms. The summed E-state index contributed by atoms with van der Waals surface area (Å²) in [6, 6.07) is 4.91. The lowest BCUT2D eigenvalue weighted by molar-refractivity contribution is -0.137. The summed E-state index contributed by atoms with van der Waals surface area (Å²) in [5, 5.41) is 6.12. The second kappa shape index (κ2) is 10.6. The number of halogens is 4. The average Bonchev–Trinajstić information content (AvgIpc) is 2.49. The first-order valence-corrected chi connectivity index (χ1v) is 7.19. The summed E-state index contributed by atoms with van der Waals surface area (Å²) in [4.78, 5) is 4.03. The summed E-state index contributed by atoms with van der Waals surface area (Å²) in [6.45, 7) is 5.04. The summed E-state index contributed by atoms with van der Waals surface area (Å²) in [5.41, 5.74) is -0.712. The summed E-state index contributed by atoms with van der Waals surface area (Å²) in [7, 11) is 1.65. The van der Waals surface area contributed by atoms with Crippen LogP contribution in [0.2, 0.25) is 0 Å². The highest BCUT2D eigenvalue weighted by molar-refractivity contribution is 14.0. The summed E-state index contributed by atoms with van der Waals surface area (Å²) in [5.74, 6) is 0.843. The molecule has 1 rings (SSSR count). The molecule has 8 heteroatoms. The van der Waals surface area contributed by atoms with Crippen molar-refractivity contribution in [2.24, 2.45) is 4.99 Å². The number of alkyl halides is 3. The van der Waals surface area contributed by atoms with Crippen molar-refractivity contribution in [3.8, 4) is 5.75 Å². The lowest BCUT2D eigenvalue weighted by Crippen LogP contribution is -2.42. The number of rotatable bonds is 6. The second-order valence-electron chi connectivity index (χ2n) is 4.66. The number of benzene rings is 1. The highest BCUT2D eigenvalue weighted by atomic mass is 127. The van der Waals surface area contributed by atoms with Gasteiger partial charge in [-0.25, -0.2) is 0 Å². The lowest BCUT2D eigenvalue weighted by atomic mass is 10.2. The normalized spacial score (nSPS) is 13.0. The van der Waals surface area contributed by atoms with Gasteiger partial charge in [0, 0.05) is 13.6 Å². The highest BCUT2D eigenvalue weighted by Crippen LogP contribution is 2.31. The molecule has 0 saturated heterocycles. The van der Waals surface area contributed by atoms with Crippen LogP contribution in [0.1, 0.15) is 25.8 Å². The Bertz CT molecular complexity index is 495. The van der Waals surface area contributed by atoms with E-state index in [4.69, 9.17) is 4.74 Å². The van der Waals surface area contributed by atoms with E-state index in [0.29, 0.717) is 18.9 Å². The predicted molar refractivity (Wildman–Crippen MR) is 96.6 cm³/mol. The Hall–Kier alpha value is -1.19. The number of hydrogen-bond acceptors (Lipinski definition) is 2. The Labute approximate surface area is 151 Å². The van der Waals surface area contributed by atoms with E-state index in [0.717, 1.165) is 18.7 Å². The molecule has 0 aliphatic rings. The Morgan fingerprint density at radius 1 is 1.26 bits per heavy atom. The van der Waals surface area contributed by atoms with E-state index < -0.39 is 11.7 Å². The molecule has 0 aliphatic heterocycles. The topological polar surface area (TPSA) is 45.7 Å². The van der Waals surface area contributed by atoms with Gasteiger partial charge in [0.05, 0.1) is 12.1 Å². The molecule has 1 aromatic rings. The molecule has 132 valence electrons. The quantitative estimate of drug-likeness (QED) is 0.399. The zero-order chi connectivity index (χ0) is 16.6. The van der Waals surface area contributed by atoms with Crippen molar-refractivity contribution < 1.29 is 17.9 Å². The molecule has 2 N–H and O–H groups in total. The fourth-order valence-electron chi connectivity index (χ4n) is 1.81. The van der Waals surface area contributed by atoms with Crippen LogP contribution in [-0.2, 0) is 6.18 Å². The van der Waals surface area contributed by atoms with Gasteiger partial charge < -0.3 is 15.4 Å². The van der Waals surface area contributed by atoms with Crippen molar-refractivity contribution >= 4 is 29.9 Å². The third-order valence-corrected chi connectivity index (χ3v) is 2.98. The van der Waals surface area contributed by atoms with Gasteiger partial charge in [-0.15, -0.1) is 24.0 Å². The first-order valence-electron chi connectivity index (χ1n) is 7.19. The maximum Gasteiger partial charge on any atom is 0.416 e. The molecule has 1 unspecified atom stereocenters. The van der Waals surface area contributed by atoms with Crippen molar-refractivity contribution in [1.29, 1.82) is 0 Å². The molecule has 0 bridgehead atoms. The molecular formula is C15H23F3IN3O. The van der Waals surface area contributed by atoms with E-state index in [2.05, 4.69) is 15.6 Å². The van der Waals surface area contributed by atoms with Gasteiger partial charge in [-0.1, -0.05) is 13.0 Å². The Morgan fingerprint density at radius 3 is 2.48 bits per heavy atom.